The zero-order chi connectivity index (χ0) is 18.9. The summed E-state index contributed by atoms with van der Waals surface area (Å²) >= 11 is 0. The Morgan fingerprint density at radius 2 is 2.12 bits per heavy atom. The van der Waals surface area contributed by atoms with Crippen molar-refractivity contribution >= 4 is 5.91 Å². The second kappa shape index (κ2) is 7.22. The van der Waals surface area contributed by atoms with Gasteiger partial charge in [0, 0.05) is 18.5 Å². The number of hydrogen-bond acceptors (Lipinski definition) is 6. The van der Waals surface area contributed by atoms with Gasteiger partial charge in [-0.15, -0.1) is 0 Å². The van der Waals surface area contributed by atoms with Crippen LogP contribution in [-0.4, -0.2) is 53.2 Å². The lowest BCUT2D eigenvalue weighted by Gasteiger charge is -2.45. The number of aliphatic hydroxyl groups excluding tert-OH is 2. The maximum absolute atomic E-state index is 13.0. The van der Waals surface area contributed by atoms with Crippen LogP contribution in [0.1, 0.15) is 19.4 Å². The van der Waals surface area contributed by atoms with Gasteiger partial charge in [0.25, 0.3) is 5.91 Å². The zero-order valence-corrected chi connectivity index (χ0v) is 14.8. The quantitative estimate of drug-likeness (QED) is 0.634. The van der Waals surface area contributed by atoms with E-state index in [1.165, 1.54) is 12.1 Å². The standard InChI is InChI=1S/C18H24FN3O4/c1-18(2)10-26-8-7-22-16(25)14(23)13(21-17(18)22)15(24)20-9-11-3-5-12(19)6-4-11/h3-6,16-17,21,23,25H,7-10H2,1-2H3,(H,20,24). The number of carbonyl (C=O) groups is 1. The molecule has 26 heavy (non-hydrogen) atoms. The van der Waals surface area contributed by atoms with Gasteiger partial charge in [0.15, 0.2) is 12.0 Å². The number of benzene rings is 1. The molecule has 1 fully saturated rings. The van der Waals surface area contributed by atoms with E-state index in [0.717, 1.165) is 5.56 Å². The number of halogens is 1. The average molecular weight is 365 g/mol. The van der Waals surface area contributed by atoms with Crippen LogP contribution < -0.4 is 10.6 Å². The van der Waals surface area contributed by atoms with E-state index in [2.05, 4.69) is 10.6 Å². The van der Waals surface area contributed by atoms with Crippen LogP contribution in [0.25, 0.3) is 0 Å². The third kappa shape index (κ3) is 3.67. The maximum Gasteiger partial charge on any atom is 0.271 e. The van der Waals surface area contributed by atoms with Gasteiger partial charge in [-0.3, -0.25) is 4.79 Å². The number of fused-ring (bicyclic) bond motifs is 1. The number of carbonyl (C=O) groups excluding carboxylic acids is 1. The van der Waals surface area contributed by atoms with E-state index in [0.29, 0.717) is 19.8 Å². The largest absolute Gasteiger partial charge is 0.506 e. The summed E-state index contributed by atoms with van der Waals surface area (Å²) in [5.41, 5.74) is 0.276. The Morgan fingerprint density at radius 3 is 2.81 bits per heavy atom. The molecule has 0 aromatic heterocycles. The van der Waals surface area contributed by atoms with Gasteiger partial charge in [0.1, 0.15) is 11.5 Å². The van der Waals surface area contributed by atoms with Crippen molar-refractivity contribution < 1.29 is 24.1 Å². The Hall–Kier alpha value is -2.16. The van der Waals surface area contributed by atoms with Gasteiger partial charge in [-0.25, -0.2) is 9.29 Å². The van der Waals surface area contributed by atoms with Crippen LogP contribution in [0, 0.1) is 11.2 Å². The maximum atomic E-state index is 13.0. The monoisotopic (exact) mass is 365 g/mol. The summed E-state index contributed by atoms with van der Waals surface area (Å²) in [7, 11) is 0. The number of amides is 1. The van der Waals surface area contributed by atoms with Crippen molar-refractivity contribution in [1.82, 2.24) is 15.5 Å². The summed E-state index contributed by atoms with van der Waals surface area (Å²) in [5, 5.41) is 26.5. The lowest BCUT2D eigenvalue weighted by Crippen LogP contribution is -2.62. The molecule has 3 rings (SSSR count). The highest BCUT2D eigenvalue weighted by molar-refractivity contribution is 5.93. The lowest BCUT2D eigenvalue weighted by atomic mass is 9.88. The summed E-state index contributed by atoms with van der Waals surface area (Å²) in [6.45, 7) is 5.42. The van der Waals surface area contributed by atoms with Gasteiger partial charge in [-0.2, -0.15) is 0 Å². The molecule has 0 bridgehead atoms. The van der Waals surface area contributed by atoms with Gasteiger partial charge in [0.05, 0.1) is 19.4 Å². The molecule has 2 aliphatic heterocycles. The van der Waals surface area contributed by atoms with Crippen molar-refractivity contribution in [3.8, 4) is 0 Å². The molecule has 2 aliphatic rings. The second-order valence-electron chi connectivity index (χ2n) is 7.27. The number of ether oxygens (including phenoxy) is 1. The molecule has 0 spiro atoms. The van der Waals surface area contributed by atoms with Crippen LogP contribution >= 0.6 is 0 Å². The van der Waals surface area contributed by atoms with Gasteiger partial charge < -0.3 is 25.6 Å². The summed E-state index contributed by atoms with van der Waals surface area (Å²) in [5.74, 6) is -1.31. The molecule has 1 saturated heterocycles. The highest BCUT2D eigenvalue weighted by atomic mass is 19.1. The SMILES string of the molecule is CC1(C)COCCN2C(O)C(O)=C(C(=O)NCc3ccc(F)cc3)NC21. The first-order valence-corrected chi connectivity index (χ1v) is 8.53. The molecule has 0 aliphatic carbocycles. The van der Waals surface area contributed by atoms with Crippen LogP contribution in [0.15, 0.2) is 35.7 Å². The van der Waals surface area contributed by atoms with E-state index in [9.17, 15) is 19.4 Å². The molecule has 1 aromatic carbocycles. The van der Waals surface area contributed by atoms with E-state index >= 15 is 0 Å². The van der Waals surface area contributed by atoms with E-state index in [4.69, 9.17) is 4.74 Å². The Bertz CT molecular complexity index is 705. The molecule has 2 atom stereocenters. The van der Waals surface area contributed by atoms with Crippen molar-refractivity contribution in [3.05, 3.63) is 47.1 Å². The first kappa shape index (κ1) is 18.6. The molecular weight excluding hydrogens is 341 g/mol. The van der Waals surface area contributed by atoms with E-state index in [1.54, 1.807) is 17.0 Å². The molecule has 2 heterocycles. The Morgan fingerprint density at radius 1 is 1.42 bits per heavy atom. The summed E-state index contributed by atoms with van der Waals surface area (Å²) in [4.78, 5) is 14.2. The number of nitrogens with zero attached hydrogens (tertiary/aromatic N) is 1. The molecule has 2 unspecified atom stereocenters. The molecule has 8 heteroatoms. The van der Waals surface area contributed by atoms with Gasteiger partial charge >= 0.3 is 0 Å². The van der Waals surface area contributed by atoms with Crippen molar-refractivity contribution in [1.29, 1.82) is 0 Å². The minimum Gasteiger partial charge on any atom is -0.506 e. The third-order valence-corrected chi connectivity index (χ3v) is 4.73. The number of nitrogens with one attached hydrogen (secondary N) is 2. The predicted octanol–water partition coefficient (Wildman–Crippen LogP) is 0.818. The van der Waals surface area contributed by atoms with Gasteiger partial charge in [-0.05, 0) is 17.7 Å². The normalized spacial score (nSPS) is 25.8. The second-order valence-corrected chi connectivity index (χ2v) is 7.27. The van der Waals surface area contributed by atoms with Crippen LogP contribution in [-0.2, 0) is 16.1 Å². The fraction of sp³-hybridized carbons (Fsp3) is 0.500. The lowest BCUT2D eigenvalue weighted by molar-refractivity contribution is -0.121. The predicted molar refractivity (Wildman–Crippen MR) is 92.1 cm³/mol. The molecule has 0 saturated carbocycles. The van der Waals surface area contributed by atoms with Crippen molar-refractivity contribution in [2.45, 2.75) is 32.8 Å². The minimum absolute atomic E-state index is 0.0594. The Balaban J connectivity index is 1.76. The summed E-state index contributed by atoms with van der Waals surface area (Å²) < 4.78 is 18.5. The molecule has 1 amide bonds. The van der Waals surface area contributed by atoms with E-state index in [1.807, 2.05) is 13.8 Å². The molecule has 142 valence electrons. The molecular formula is C18H24FN3O4. The van der Waals surface area contributed by atoms with Crippen molar-refractivity contribution in [3.63, 3.8) is 0 Å². The fourth-order valence-corrected chi connectivity index (χ4v) is 3.26. The van der Waals surface area contributed by atoms with Crippen molar-refractivity contribution in [2.75, 3.05) is 19.8 Å². The summed E-state index contributed by atoms with van der Waals surface area (Å²) in [6, 6.07) is 5.76. The average Bonchev–Trinajstić information content (AvgIpc) is 2.75. The highest BCUT2D eigenvalue weighted by Crippen LogP contribution is 2.32. The van der Waals surface area contributed by atoms with Crippen LogP contribution in [0.4, 0.5) is 4.39 Å². The highest BCUT2D eigenvalue weighted by Gasteiger charge is 2.45. The smallest absolute Gasteiger partial charge is 0.271 e. The molecule has 7 nitrogen and oxygen atoms in total. The Labute approximate surface area is 151 Å². The fourth-order valence-electron chi connectivity index (χ4n) is 3.26. The Kier molecular flexibility index (Phi) is 5.17. The van der Waals surface area contributed by atoms with Crippen LogP contribution in [0.3, 0.4) is 0 Å². The molecule has 0 radical (unpaired) electrons. The molecule has 1 aromatic rings. The zero-order valence-electron chi connectivity index (χ0n) is 14.8. The van der Waals surface area contributed by atoms with Gasteiger partial charge in [0.2, 0.25) is 0 Å². The topological polar surface area (TPSA) is 94.1 Å². The third-order valence-electron chi connectivity index (χ3n) is 4.73. The minimum atomic E-state index is -1.28. The number of rotatable bonds is 3. The van der Waals surface area contributed by atoms with Gasteiger partial charge in [-0.1, -0.05) is 26.0 Å². The molecule has 4 N–H and O–H groups in total. The van der Waals surface area contributed by atoms with Crippen molar-refractivity contribution in [2.24, 2.45) is 5.41 Å². The van der Waals surface area contributed by atoms with Crippen LogP contribution in [0.5, 0.6) is 0 Å². The first-order valence-electron chi connectivity index (χ1n) is 8.53. The number of aliphatic hydroxyl groups is 2. The summed E-state index contributed by atoms with van der Waals surface area (Å²) in [6.07, 6.45) is -1.66. The first-order chi connectivity index (χ1) is 12.3. The van der Waals surface area contributed by atoms with E-state index < -0.39 is 17.9 Å². The number of hydrogen-bond donors (Lipinski definition) is 4. The van der Waals surface area contributed by atoms with E-state index in [-0.39, 0.29) is 29.6 Å². The van der Waals surface area contributed by atoms with Crippen LogP contribution in [0.2, 0.25) is 0 Å².